The van der Waals surface area contributed by atoms with Gasteiger partial charge in [-0.3, -0.25) is 14.9 Å². The molecular weight excluding hydrogens is 440 g/mol. The molecule has 0 bridgehead atoms. The lowest BCUT2D eigenvalue weighted by Crippen LogP contribution is -2.36. The normalized spacial score (nSPS) is 12.9. The summed E-state index contributed by atoms with van der Waals surface area (Å²) in [5.74, 6) is -1.16. The number of nitrogens with two attached hydrogens (primary N) is 1. The fourth-order valence-corrected chi connectivity index (χ4v) is 3.82. The standard InChI is InChI=1S/C26H23F2N3O3/c1-14(16-9-12-19(27)20(28)13-16)30-23(15-7-10-17(34-2)11-8-15)18-5-3-4-6-21(18)31-24-22(29)25(32)26(24)33/h3-14,23,30-31H,29H2,1-2H3. The fourth-order valence-electron chi connectivity index (χ4n) is 3.82. The molecule has 0 aliphatic rings. The molecule has 2 unspecified atom stereocenters. The van der Waals surface area contributed by atoms with E-state index >= 15 is 0 Å². The van der Waals surface area contributed by atoms with E-state index in [9.17, 15) is 18.4 Å². The molecule has 174 valence electrons. The third kappa shape index (κ3) is 4.40. The smallest absolute Gasteiger partial charge is 0.253 e. The number of nitrogen functional groups attached to an aromatic ring is 1. The highest BCUT2D eigenvalue weighted by atomic mass is 19.2. The van der Waals surface area contributed by atoms with Gasteiger partial charge in [0.05, 0.1) is 13.2 Å². The van der Waals surface area contributed by atoms with Gasteiger partial charge in [0.25, 0.3) is 10.9 Å². The van der Waals surface area contributed by atoms with Gasteiger partial charge in [-0.25, -0.2) is 8.78 Å². The van der Waals surface area contributed by atoms with Crippen molar-refractivity contribution >= 4 is 17.1 Å². The van der Waals surface area contributed by atoms with Gasteiger partial charge in [-0.05, 0) is 53.9 Å². The van der Waals surface area contributed by atoms with Crippen LogP contribution in [-0.2, 0) is 0 Å². The molecule has 0 saturated carbocycles. The summed E-state index contributed by atoms with van der Waals surface area (Å²) in [6.07, 6.45) is 0. The lowest BCUT2D eigenvalue weighted by atomic mass is 9.94. The van der Waals surface area contributed by atoms with E-state index < -0.39 is 28.5 Å². The Balaban J connectivity index is 1.74. The Hall–Kier alpha value is -4.04. The number of anilines is 3. The van der Waals surface area contributed by atoms with Gasteiger partial charge in [-0.1, -0.05) is 36.4 Å². The third-order valence-corrected chi connectivity index (χ3v) is 5.79. The first-order valence-electron chi connectivity index (χ1n) is 10.6. The highest BCUT2D eigenvalue weighted by Gasteiger charge is 2.24. The number of ether oxygens (including phenoxy) is 1. The Morgan fingerprint density at radius 2 is 1.56 bits per heavy atom. The number of hydrogen-bond acceptors (Lipinski definition) is 6. The zero-order valence-corrected chi connectivity index (χ0v) is 18.6. The van der Waals surface area contributed by atoms with Crippen LogP contribution in [0.2, 0.25) is 0 Å². The number of benzene rings is 3. The minimum Gasteiger partial charge on any atom is -0.497 e. The lowest BCUT2D eigenvalue weighted by molar-refractivity contribution is 0.414. The Labute approximate surface area is 194 Å². The summed E-state index contributed by atoms with van der Waals surface area (Å²) in [6, 6.07) is 17.6. The van der Waals surface area contributed by atoms with Crippen LogP contribution in [0, 0.1) is 11.6 Å². The average Bonchev–Trinajstić information content (AvgIpc) is 2.87. The molecule has 4 aromatic carbocycles. The molecule has 0 saturated heterocycles. The monoisotopic (exact) mass is 463 g/mol. The van der Waals surface area contributed by atoms with E-state index in [2.05, 4.69) is 10.6 Å². The van der Waals surface area contributed by atoms with Crippen LogP contribution in [0.4, 0.5) is 25.8 Å². The number of methoxy groups -OCH3 is 1. The number of nitrogens with one attached hydrogen (secondary N) is 2. The van der Waals surface area contributed by atoms with E-state index in [-0.39, 0.29) is 17.4 Å². The molecule has 4 N–H and O–H groups in total. The van der Waals surface area contributed by atoms with Crippen LogP contribution in [0.15, 0.2) is 76.3 Å². The van der Waals surface area contributed by atoms with Crippen LogP contribution in [0.5, 0.6) is 5.75 Å². The van der Waals surface area contributed by atoms with Crippen LogP contribution in [-0.4, -0.2) is 7.11 Å². The molecule has 0 amide bonds. The Morgan fingerprint density at radius 1 is 0.882 bits per heavy atom. The summed E-state index contributed by atoms with van der Waals surface area (Å²) in [7, 11) is 1.57. The highest BCUT2D eigenvalue weighted by Crippen LogP contribution is 2.33. The quantitative estimate of drug-likeness (QED) is 0.337. The predicted molar refractivity (Wildman–Crippen MR) is 128 cm³/mol. The molecule has 0 fully saturated rings. The predicted octanol–water partition coefficient (Wildman–Crippen LogP) is 4.34. The molecule has 0 aliphatic heterocycles. The van der Waals surface area contributed by atoms with E-state index in [1.807, 2.05) is 43.3 Å². The maximum Gasteiger partial charge on any atom is 0.253 e. The molecule has 2 atom stereocenters. The third-order valence-electron chi connectivity index (χ3n) is 5.79. The number of halogens is 2. The maximum atomic E-state index is 13.9. The molecule has 0 aromatic heterocycles. The number of hydrogen-bond donors (Lipinski definition) is 3. The van der Waals surface area contributed by atoms with Gasteiger partial charge in [0.1, 0.15) is 17.1 Å². The summed E-state index contributed by atoms with van der Waals surface area (Å²) in [5.41, 5.74) is 7.04. The first-order chi connectivity index (χ1) is 16.3. The van der Waals surface area contributed by atoms with Gasteiger partial charge in [-0.15, -0.1) is 0 Å². The van der Waals surface area contributed by atoms with Crippen molar-refractivity contribution in [2.45, 2.75) is 19.0 Å². The van der Waals surface area contributed by atoms with E-state index in [0.717, 1.165) is 23.3 Å². The minimum absolute atomic E-state index is 0.0552. The zero-order valence-electron chi connectivity index (χ0n) is 18.6. The Bertz CT molecular complexity index is 1400. The van der Waals surface area contributed by atoms with E-state index in [0.29, 0.717) is 17.0 Å². The second kappa shape index (κ2) is 9.44. The molecule has 34 heavy (non-hydrogen) atoms. The summed E-state index contributed by atoms with van der Waals surface area (Å²) in [5, 5.41) is 6.45. The van der Waals surface area contributed by atoms with Crippen molar-refractivity contribution in [2.75, 3.05) is 18.2 Å². The zero-order chi connectivity index (χ0) is 24.4. The molecule has 0 heterocycles. The second-order valence-electron chi connectivity index (χ2n) is 7.93. The molecule has 4 rings (SSSR count). The molecule has 0 spiro atoms. The highest BCUT2D eigenvalue weighted by molar-refractivity contribution is 5.78. The summed E-state index contributed by atoms with van der Waals surface area (Å²) >= 11 is 0. The van der Waals surface area contributed by atoms with Crippen molar-refractivity contribution in [3.63, 3.8) is 0 Å². The van der Waals surface area contributed by atoms with Gasteiger partial charge < -0.3 is 15.8 Å². The van der Waals surface area contributed by atoms with Crippen molar-refractivity contribution in [1.29, 1.82) is 0 Å². The number of rotatable bonds is 8. The first kappa shape index (κ1) is 23.1. The maximum absolute atomic E-state index is 13.9. The van der Waals surface area contributed by atoms with Gasteiger partial charge in [-0.2, -0.15) is 0 Å². The fraction of sp³-hybridized carbons (Fsp3) is 0.154. The van der Waals surface area contributed by atoms with Crippen LogP contribution in [0.3, 0.4) is 0 Å². The van der Waals surface area contributed by atoms with Gasteiger partial charge >= 0.3 is 0 Å². The van der Waals surface area contributed by atoms with Crippen molar-refractivity contribution < 1.29 is 13.5 Å². The van der Waals surface area contributed by atoms with E-state index in [1.165, 1.54) is 6.07 Å². The summed E-state index contributed by atoms with van der Waals surface area (Å²) in [4.78, 5) is 23.5. The van der Waals surface area contributed by atoms with E-state index in [1.54, 1.807) is 19.2 Å². The summed E-state index contributed by atoms with van der Waals surface area (Å²) in [6.45, 7) is 1.84. The molecule has 8 heteroatoms. The molecule has 4 aromatic rings. The van der Waals surface area contributed by atoms with Gasteiger partial charge in [0, 0.05) is 11.7 Å². The van der Waals surface area contributed by atoms with Crippen molar-refractivity contribution in [2.24, 2.45) is 0 Å². The van der Waals surface area contributed by atoms with Gasteiger partial charge in [0.15, 0.2) is 11.6 Å². The van der Waals surface area contributed by atoms with Crippen LogP contribution < -0.4 is 32.0 Å². The molecule has 0 radical (unpaired) electrons. The Morgan fingerprint density at radius 3 is 2.21 bits per heavy atom. The Kier molecular flexibility index (Phi) is 6.43. The largest absolute Gasteiger partial charge is 0.497 e. The van der Waals surface area contributed by atoms with Gasteiger partial charge in [0.2, 0.25) is 0 Å². The van der Waals surface area contributed by atoms with Crippen molar-refractivity contribution in [3.05, 3.63) is 116 Å². The first-order valence-corrected chi connectivity index (χ1v) is 10.6. The average molecular weight is 463 g/mol. The lowest BCUT2D eigenvalue weighted by Gasteiger charge is -2.27. The minimum atomic E-state index is -0.926. The van der Waals surface area contributed by atoms with Crippen LogP contribution in [0.1, 0.15) is 35.7 Å². The van der Waals surface area contributed by atoms with Crippen molar-refractivity contribution in [1.82, 2.24) is 5.32 Å². The van der Waals surface area contributed by atoms with Crippen molar-refractivity contribution in [3.8, 4) is 5.75 Å². The van der Waals surface area contributed by atoms with Crippen LogP contribution in [0.25, 0.3) is 0 Å². The molecular formula is C26H23F2N3O3. The summed E-state index contributed by atoms with van der Waals surface area (Å²) < 4.78 is 32.6. The molecule has 6 nitrogen and oxygen atoms in total. The molecule has 0 aliphatic carbocycles. The number of para-hydroxylation sites is 1. The van der Waals surface area contributed by atoms with Crippen LogP contribution >= 0.6 is 0 Å². The second-order valence-corrected chi connectivity index (χ2v) is 7.93. The SMILES string of the molecule is COc1ccc(C(NC(C)c2ccc(F)c(F)c2)c2ccccc2Nc2c(N)c(=O)c2=O)cc1. The topological polar surface area (TPSA) is 93.4 Å². The van der Waals surface area contributed by atoms with E-state index in [4.69, 9.17) is 10.5 Å².